The number of aliphatic hydroxyl groups excluding tert-OH is 1. The van der Waals surface area contributed by atoms with Crippen LogP contribution in [-0.4, -0.2) is 30.4 Å². The summed E-state index contributed by atoms with van der Waals surface area (Å²) in [4.78, 5) is 13.8. The van der Waals surface area contributed by atoms with E-state index in [4.69, 9.17) is 5.11 Å². The van der Waals surface area contributed by atoms with Gasteiger partial charge in [0.2, 0.25) is 0 Å². The number of amides is 1. The Morgan fingerprint density at radius 2 is 2.09 bits per heavy atom. The smallest absolute Gasteiger partial charge is 0.394 e. The molecule has 7 heteroatoms. The number of carbonyl (C=O) groups excluding carboxylic acids is 1. The highest BCUT2D eigenvalue weighted by molar-refractivity contribution is 5.80. The van der Waals surface area contributed by atoms with Crippen molar-refractivity contribution in [2.75, 3.05) is 13.2 Å². The van der Waals surface area contributed by atoms with Gasteiger partial charge >= 0.3 is 12.1 Å². The Kier molecular flexibility index (Phi) is 3.83. The number of aliphatic hydroxyl groups is 1. The lowest BCUT2D eigenvalue weighted by Gasteiger charge is -2.06. The minimum atomic E-state index is -4.95. The van der Waals surface area contributed by atoms with Crippen molar-refractivity contribution in [3.8, 4) is 0 Å². The maximum atomic E-state index is 11.3. The summed E-state index contributed by atoms with van der Waals surface area (Å²) in [5.41, 5.74) is 1.10. The normalized spacial score (nSPS) is 11.3. The SMILES string of the molecule is O=C(NOCCO)C(F)(F)F. The molecule has 0 aromatic rings. The first kappa shape index (κ1) is 10.2. The molecule has 0 atom stereocenters. The standard InChI is InChI=1S/C4H6F3NO3/c5-4(6,7)3(10)8-11-2-1-9/h9H,1-2H2,(H,8,10). The number of hydrogen-bond acceptors (Lipinski definition) is 3. The zero-order valence-electron chi connectivity index (χ0n) is 5.31. The first-order valence-electron chi connectivity index (χ1n) is 2.58. The van der Waals surface area contributed by atoms with Crippen LogP contribution in [0.5, 0.6) is 0 Å². The van der Waals surface area contributed by atoms with Gasteiger partial charge in [0.15, 0.2) is 0 Å². The van der Waals surface area contributed by atoms with E-state index in [1.807, 2.05) is 0 Å². The largest absolute Gasteiger partial charge is 0.473 e. The summed E-state index contributed by atoms with van der Waals surface area (Å²) in [6.45, 7) is -0.833. The molecule has 0 heterocycles. The molecule has 0 aromatic heterocycles. The van der Waals surface area contributed by atoms with Crippen molar-refractivity contribution in [1.29, 1.82) is 0 Å². The average Bonchev–Trinajstić information content (AvgIpc) is 1.86. The van der Waals surface area contributed by atoms with Crippen molar-refractivity contribution in [2.24, 2.45) is 0 Å². The third-order valence-electron chi connectivity index (χ3n) is 0.616. The van der Waals surface area contributed by atoms with Crippen molar-refractivity contribution in [1.82, 2.24) is 5.48 Å². The Hall–Kier alpha value is -0.820. The van der Waals surface area contributed by atoms with Gasteiger partial charge in [0.1, 0.15) is 0 Å². The van der Waals surface area contributed by atoms with Crippen LogP contribution >= 0.6 is 0 Å². The lowest BCUT2D eigenvalue weighted by molar-refractivity contribution is -0.186. The zero-order valence-corrected chi connectivity index (χ0v) is 5.31. The van der Waals surface area contributed by atoms with E-state index in [9.17, 15) is 18.0 Å². The number of hydroxylamine groups is 1. The van der Waals surface area contributed by atoms with E-state index in [0.717, 1.165) is 5.48 Å². The molecule has 0 unspecified atom stereocenters. The second-order valence-electron chi connectivity index (χ2n) is 1.50. The minimum Gasteiger partial charge on any atom is -0.394 e. The lowest BCUT2D eigenvalue weighted by Crippen LogP contribution is -2.37. The Bertz CT molecular complexity index is 135. The molecule has 0 spiro atoms. The van der Waals surface area contributed by atoms with Crippen molar-refractivity contribution in [2.45, 2.75) is 6.18 Å². The van der Waals surface area contributed by atoms with E-state index >= 15 is 0 Å². The fraction of sp³-hybridized carbons (Fsp3) is 0.750. The number of halogens is 3. The van der Waals surface area contributed by atoms with Crippen molar-refractivity contribution < 1.29 is 27.9 Å². The van der Waals surface area contributed by atoms with Gasteiger partial charge in [0, 0.05) is 0 Å². The van der Waals surface area contributed by atoms with Crippen LogP contribution in [0.25, 0.3) is 0 Å². The molecule has 0 aromatic carbocycles. The highest BCUT2D eigenvalue weighted by Gasteiger charge is 2.38. The average molecular weight is 173 g/mol. The van der Waals surface area contributed by atoms with Crippen LogP contribution < -0.4 is 5.48 Å². The Morgan fingerprint density at radius 3 is 2.45 bits per heavy atom. The van der Waals surface area contributed by atoms with E-state index in [1.54, 1.807) is 0 Å². The zero-order chi connectivity index (χ0) is 8.91. The van der Waals surface area contributed by atoms with Crippen LogP contribution in [0.2, 0.25) is 0 Å². The Balaban J connectivity index is 3.54. The highest BCUT2D eigenvalue weighted by Crippen LogP contribution is 2.13. The molecule has 0 aliphatic rings. The fourth-order valence-corrected chi connectivity index (χ4v) is 0.220. The highest BCUT2D eigenvalue weighted by atomic mass is 19.4. The summed E-state index contributed by atoms with van der Waals surface area (Å²) in [6, 6.07) is 0. The van der Waals surface area contributed by atoms with Crippen LogP contribution in [0.1, 0.15) is 0 Å². The van der Waals surface area contributed by atoms with Gasteiger partial charge in [-0.05, 0) is 0 Å². The quantitative estimate of drug-likeness (QED) is 0.450. The summed E-state index contributed by atoms with van der Waals surface area (Å²) >= 11 is 0. The number of rotatable bonds is 3. The summed E-state index contributed by atoms with van der Waals surface area (Å²) < 4.78 is 34.0. The van der Waals surface area contributed by atoms with Crippen molar-refractivity contribution in [3.05, 3.63) is 0 Å². The number of nitrogens with one attached hydrogen (secondary N) is 1. The first-order valence-corrected chi connectivity index (χ1v) is 2.58. The fourth-order valence-electron chi connectivity index (χ4n) is 0.220. The molecule has 0 bridgehead atoms. The first-order chi connectivity index (χ1) is 4.98. The minimum absolute atomic E-state index is 0.373. The Labute approximate surface area is 59.9 Å². The molecule has 2 N–H and O–H groups in total. The lowest BCUT2D eigenvalue weighted by atomic mass is 10.6. The van der Waals surface area contributed by atoms with Crippen LogP contribution in [0.4, 0.5) is 13.2 Å². The van der Waals surface area contributed by atoms with Gasteiger partial charge in [-0.1, -0.05) is 0 Å². The third-order valence-corrected chi connectivity index (χ3v) is 0.616. The summed E-state index contributed by atoms with van der Waals surface area (Å²) in [6.07, 6.45) is -4.95. The third kappa shape index (κ3) is 4.57. The number of hydrogen-bond donors (Lipinski definition) is 2. The molecule has 11 heavy (non-hydrogen) atoms. The molecule has 66 valence electrons. The predicted octanol–water partition coefficient (Wildman–Crippen LogP) is -0.411. The molecule has 0 aliphatic carbocycles. The van der Waals surface area contributed by atoms with E-state index in [-0.39, 0.29) is 6.61 Å². The predicted molar refractivity (Wildman–Crippen MR) is 27.2 cm³/mol. The van der Waals surface area contributed by atoms with Gasteiger partial charge in [-0.3, -0.25) is 9.63 Å². The van der Waals surface area contributed by atoms with Crippen molar-refractivity contribution >= 4 is 5.91 Å². The van der Waals surface area contributed by atoms with Gasteiger partial charge in [-0.15, -0.1) is 0 Å². The molecule has 0 fully saturated rings. The summed E-state index contributed by atoms with van der Waals surface area (Å²) in [5, 5.41) is 8.02. The van der Waals surface area contributed by atoms with Crippen LogP contribution in [0, 0.1) is 0 Å². The molecule has 0 saturated heterocycles. The molecule has 1 amide bonds. The van der Waals surface area contributed by atoms with Gasteiger partial charge in [0.25, 0.3) is 0 Å². The number of carbonyl (C=O) groups is 1. The molecule has 4 nitrogen and oxygen atoms in total. The maximum absolute atomic E-state index is 11.3. The molecular weight excluding hydrogens is 167 g/mol. The molecule has 0 aliphatic heterocycles. The molecule has 0 saturated carbocycles. The van der Waals surface area contributed by atoms with E-state index in [1.165, 1.54) is 0 Å². The monoisotopic (exact) mass is 173 g/mol. The second kappa shape index (κ2) is 4.14. The summed E-state index contributed by atoms with van der Waals surface area (Å²) in [5.74, 6) is -2.19. The molecule has 0 rings (SSSR count). The van der Waals surface area contributed by atoms with Crippen molar-refractivity contribution in [3.63, 3.8) is 0 Å². The van der Waals surface area contributed by atoms with E-state index in [2.05, 4.69) is 4.84 Å². The van der Waals surface area contributed by atoms with Gasteiger partial charge < -0.3 is 5.11 Å². The van der Waals surface area contributed by atoms with E-state index < -0.39 is 18.7 Å². The van der Waals surface area contributed by atoms with Crippen LogP contribution in [0.15, 0.2) is 0 Å². The van der Waals surface area contributed by atoms with Crippen LogP contribution in [0.3, 0.4) is 0 Å². The number of alkyl halides is 3. The van der Waals surface area contributed by atoms with E-state index in [0.29, 0.717) is 0 Å². The second-order valence-corrected chi connectivity index (χ2v) is 1.50. The van der Waals surface area contributed by atoms with Crippen LogP contribution in [-0.2, 0) is 9.63 Å². The Morgan fingerprint density at radius 1 is 1.55 bits per heavy atom. The maximum Gasteiger partial charge on any atom is 0.473 e. The van der Waals surface area contributed by atoms with Gasteiger partial charge in [0.05, 0.1) is 13.2 Å². The molecular formula is C4H6F3NO3. The summed E-state index contributed by atoms with van der Waals surface area (Å²) in [7, 11) is 0. The molecule has 0 radical (unpaired) electrons. The van der Waals surface area contributed by atoms with Gasteiger partial charge in [-0.25, -0.2) is 5.48 Å². The van der Waals surface area contributed by atoms with Gasteiger partial charge in [-0.2, -0.15) is 13.2 Å². The topological polar surface area (TPSA) is 58.6 Å².